The molecule has 1 saturated heterocycles. The third-order valence-electron chi connectivity index (χ3n) is 6.24. The molecule has 1 saturated carbocycles. The summed E-state index contributed by atoms with van der Waals surface area (Å²) in [6.45, 7) is 10.6. The maximum atomic E-state index is 12.7. The Balaban J connectivity index is 1.59. The van der Waals surface area contributed by atoms with Crippen LogP contribution in [0.2, 0.25) is 0 Å². The van der Waals surface area contributed by atoms with Crippen LogP contribution in [0.1, 0.15) is 50.2 Å². The molecule has 0 aromatic heterocycles. The summed E-state index contributed by atoms with van der Waals surface area (Å²) in [6, 6.07) is 5.91. The molecule has 3 rings (SSSR count). The number of rotatable bonds is 6. The van der Waals surface area contributed by atoms with Crippen molar-refractivity contribution >= 4 is 11.6 Å². The lowest BCUT2D eigenvalue weighted by atomic mass is 9.79. The molecule has 5 nitrogen and oxygen atoms in total. The van der Waals surface area contributed by atoms with Crippen LogP contribution in [-0.2, 0) is 9.53 Å². The Morgan fingerprint density at radius 3 is 2.56 bits per heavy atom. The van der Waals surface area contributed by atoms with Crippen LogP contribution < -0.4 is 10.6 Å². The minimum Gasteiger partial charge on any atom is -0.379 e. The zero-order chi connectivity index (χ0) is 19.3. The molecular weight excluding hydrogens is 338 g/mol. The SMILES string of the molecule is Cc1ccc(NC(=O)[C@H](C)NCC2(N3CCOCC3)CCCCC2)c(C)c1. The van der Waals surface area contributed by atoms with E-state index >= 15 is 0 Å². The molecule has 2 N–H and O–H groups in total. The van der Waals surface area contributed by atoms with E-state index in [9.17, 15) is 4.79 Å². The topological polar surface area (TPSA) is 53.6 Å². The van der Waals surface area contributed by atoms with E-state index in [1.165, 1.54) is 37.7 Å². The number of carbonyl (C=O) groups is 1. The molecule has 0 spiro atoms. The van der Waals surface area contributed by atoms with Crippen molar-refractivity contribution in [2.24, 2.45) is 0 Å². The van der Waals surface area contributed by atoms with Gasteiger partial charge in [-0.15, -0.1) is 0 Å². The highest BCUT2D eigenvalue weighted by Gasteiger charge is 2.38. The van der Waals surface area contributed by atoms with Crippen molar-refractivity contribution in [1.82, 2.24) is 10.2 Å². The molecule has 1 atom stereocenters. The molecule has 1 aromatic rings. The number of hydrogen-bond donors (Lipinski definition) is 2. The van der Waals surface area contributed by atoms with Gasteiger partial charge in [0.2, 0.25) is 5.91 Å². The Bertz CT molecular complexity index is 634. The number of carbonyl (C=O) groups excluding carboxylic acids is 1. The first-order chi connectivity index (χ1) is 13.0. The van der Waals surface area contributed by atoms with Crippen molar-refractivity contribution in [3.05, 3.63) is 29.3 Å². The predicted octanol–water partition coefficient (Wildman–Crippen LogP) is 3.26. The van der Waals surface area contributed by atoms with E-state index in [0.29, 0.717) is 0 Å². The number of ether oxygens (including phenoxy) is 1. The number of anilines is 1. The number of benzene rings is 1. The maximum absolute atomic E-state index is 12.7. The molecule has 1 aliphatic heterocycles. The van der Waals surface area contributed by atoms with Crippen molar-refractivity contribution in [1.29, 1.82) is 0 Å². The number of nitrogens with one attached hydrogen (secondary N) is 2. The quantitative estimate of drug-likeness (QED) is 0.804. The highest BCUT2D eigenvalue weighted by atomic mass is 16.5. The van der Waals surface area contributed by atoms with E-state index in [-0.39, 0.29) is 17.5 Å². The molecule has 5 heteroatoms. The van der Waals surface area contributed by atoms with Gasteiger partial charge in [-0.3, -0.25) is 9.69 Å². The van der Waals surface area contributed by atoms with Crippen molar-refractivity contribution in [2.75, 3.05) is 38.2 Å². The van der Waals surface area contributed by atoms with Crippen LogP contribution in [0.5, 0.6) is 0 Å². The summed E-state index contributed by atoms with van der Waals surface area (Å²) in [5.74, 6) is 0.0369. The summed E-state index contributed by atoms with van der Waals surface area (Å²) in [5, 5.41) is 6.63. The van der Waals surface area contributed by atoms with Crippen LogP contribution in [0.3, 0.4) is 0 Å². The molecule has 2 fully saturated rings. The van der Waals surface area contributed by atoms with E-state index in [1.54, 1.807) is 0 Å². The highest BCUT2D eigenvalue weighted by Crippen LogP contribution is 2.34. The number of morpholine rings is 1. The van der Waals surface area contributed by atoms with Gasteiger partial charge in [-0.25, -0.2) is 0 Å². The lowest BCUT2D eigenvalue weighted by Crippen LogP contribution is -2.60. The number of nitrogens with zero attached hydrogens (tertiary/aromatic N) is 1. The first kappa shape index (κ1) is 20.3. The van der Waals surface area contributed by atoms with Crippen molar-refractivity contribution < 1.29 is 9.53 Å². The molecule has 1 heterocycles. The predicted molar refractivity (Wildman–Crippen MR) is 110 cm³/mol. The zero-order valence-electron chi connectivity index (χ0n) is 17.1. The Kier molecular flexibility index (Phi) is 6.90. The van der Waals surface area contributed by atoms with Gasteiger partial charge in [0.15, 0.2) is 0 Å². The summed E-state index contributed by atoms with van der Waals surface area (Å²) in [6.07, 6.45) is 6.32. The first-order valence-corrected chi connectivity index (χ1v) is 10.4. The lowest BCUT2D eigenvalue weighted by molar-refractivity contribution is -0.118. The molecule has 1 aromatic carbocycles. The van der Waals surface area contributed by atoms with Gasteiger partial charge in [0.05, 0.1) is 19.3 Å². The second kappa shape index (κ2) is 9.18. The van der Waals surface area contributed by atoms with Gasteiger partial charge in [-0.2, -0.15) is 0 Å². The average molecular weight is 374 g/mol. The van der Waals surface area contributed by atoms with Crippen LogP contribution in [0.4, 0.5) is 5.69 Å². The van der Waals surface area contributed by atoms with Gasteiger partial charge in [0, 0.05) is 30.9 Å². The number of hydrogen-bond acceptors (Lipinski definition) is 4. The summed E-state index contributed by atoms with van der Waals surface area (Å²) in [5.41, 5.74) is 3.39. The molecule has 0 unspecified atom stereocenters. The van der Waals surface area contributed by atoms with Gasteiger partial charge in [0.1, 0.15) is 0 Å². The van der Waals surface area contributed by atoms with Crippen molar-refractivity contribution in [3.8, 4) is 0 Å². The van der Waals surface area contributed by atoms with Crippen LogP contribution >= 0.6 is 0 Å². The van der Waals surface area contributed by atoms with Crippen LogP contribution in [0.25, 0.3) is 0 Å². The summed E-state index contributed by atoms with van der Waals surface area (Å²) in [4.78, 5) is 15.3. The fraction of sp³-hybridized carbons (Fsp3) is 0.682. The molecule has 2 aliphatic rings. The van der Waals surface area contributed by atoms with Crippen LogP contribution in [-0.4, -0.2) is 55.2 Å². The number of aryl methyl sites for hydroxylation is 2. The van der Waals surface area contributed by atoms with Gasteiger partial charge in [-0.1, -0.05) is 37.0 Å². The first-order valence-electron chi connectivity index (χ1n) is 10.4. The van der Waals surface area contributed by atoms with Gasteiger partial charge in [-0.05, 0) is 45.2 Å². The van der Waals surface area contributed by atoms with Crippen molar-refractivity contribution in [3.63, 3.8) is 0 Å². The third-order valence-corrected chi connectivity index (χ3v) is 6.24. The molecule has 1 aliphatic carbocycles. The molecule has 27 heavy (non-hydrogen) atoms. The third kappa shape index (κ3) is 5.09. The largest absolute Gasteiger partial charge is 0.379 e. The molecule has 1 amide bonds. The Labute approximate surface area is 163 Å². The minimum atomic E-state index is -0.217. The Hall–Kier alpha value is -1.43. The average Bonchev–Trinajstić information content (AvgIpc) is 2.69. The van der Waals surface area contributed by atoms with E-state index in [4.69, 9.17) is 4.74 Å². The van der Waals surface area contributed by atoms with E-state index in [0.717, 1.165) is 44.1 Å². The minimum absolute atomic E-state index is 0.0369. The van der Waals surface area contributed by atoms with Crippen LogP contribution in [0.15, 0.2) is 18.2 Å². The highest BCUT2D eigenvalue weighted by molar-refractivity contribution is 5.95. The summed E-state index contributed by atoms with van der Waals surface area (Å²) >= 11 is 0. The lowest BCUT2D eigenvalue weighted by Gasteiger charge is -2.48. The van der Waals surface area contributed by atoms with E-state index in [1.807, 2.05) is 26.0 Å². The van der Waals surface area contributed by atoms with Gasteiger partial charge in [0.25, 0.3) is 0 Å². The van der Waals surface area contributed by atoms with E-state index in [2.05, 4.69) is 28.5 Å². The Morgan fingerprint density at radius 2 is 1.89 bits per heavy atom. The maximum Gasteiger partial charge on any atom is 0.241 e. The number of amides is 1. The summed E-state index contributed by atoms with van der Waals surface area (Å²) in [7, 11) is 0. The second-order valence-corrected chi connectivity index (χ2v) is 8.29. The van der Waals surface area contributed by atoms with Crippen molar-refractivity contribution in [2.45, 2.75) is 64.5 Å². The normalized spacial score (nSPS) is 21.6. The smallest absolute Gasteiger partial charge is 0.241 e. The molecule has 0 bridgehead atoms. The van der Waals surface area contributed by atoms with Crippen LogP contribution in [0, 0.1) is 13.8 Å². The fourth-order valence-electron chi connectivity index (χ4n) is 4.48. The zero-order valence-corrected chi connectivity index (χ0v) is 17.1. The van der Waals surface area contributed by atoms with E-state index < -0.39 is 0 Å². The summed E-state index contributed by atoms with van der Waals surface area (Å²) < 4.78 is 5.56. The standard InChI is InChI=1S/C22H35N3O2/c1-17-7-8-20(18(2)15-17)24-21(26)19(3)23-16-22(9-5-4-6-10-22)25-11-13-27-14-12-25/h7-8,15,19,23H,4-6,9-14,16H2,1-3H3,(H,24,26)/t19-/m0/s1. The fourth-order valence-corrected chi connectivity index (χ4v) is 4.48. The molecule has 0 radical (unpaired) electrons. The second-order valence-electron chi connectivity index (χ2n) is 8.29. The van der Waals surface area contributed by atoms with Gasteiger partial charge < -0.3 is 15.4 Å². The Morgan fingerprint density at radius 1 is 1.19 bits per heavy atom. The molecule has 150 valence electrons. The monoisotopic (exact) mass is 373 g/mol. The van der Waals surface area contributed by atoms with Gasteiger partial charge >= 0.3 is 0 Å². The molecular formula is C22H35N3O2.